The number of rotatable bonds is 1. The summed E-state index contributed by atoms with van der Waals surface area (Å²) in [5.41, 5.74) is 5.73. The average Bonchev–Trinajstić information content (AvgIpc) is 1.90. The zero-order valence-corrected chi connectivity index (χ0v) is 6.01. The number of allylic oxidation sites excluding steroid dienone is 2. The summed E-state index contributed by atoms with van der Waals surface area (Å²) in [6.07, 6.45) is 8.20. The lowest BCUT2D eigenvalue weighted by atomic mass is 9.89. The third-order valence-corrected chi connectivity index (χ3v) is 2.05. The molecule has 1 rings (SSSR count). The molecule has 2 atom stereocenters. The monoisotopic (exact) mass is 125 g/mol. The van der Waals surface area contributed by atoms with Crippen molar-refractivity contribution in [3.8, 4) is 0 Å². The molecule has 0 saturated carbocycles. The normalized spacial score (nSPS) is 30.2. The highest BCUT2D eigenvalue weighted by molar-refractivity contribution is 4.92. The fourth-order valence-electron chi connectivity index (χ4n) is 1.29. The van der Waals surface area contributed by atoms with Crippen molar-refractivity contribution in [1.82, 2.24) is 0 Å². The highest BCUT2D eigenvalue weighted by Gasteiger charge is 2.12. The van der Waals surface area contributed by atoms with Crippen LogP contribution in [0.5, 0.6) is 0 Å². The van der Waals surface area contributed by atoms with Crippen LogP contribution in [0, 0.1) is 5.92 Å². The van der Waals surface area contributed by atoms with Gasteiger partial charge in [-0.15, -0.1) is 0 Å². The van der Waals surface area contributed by atoms with Gasteiger partial charge in [0, 0.05) is 6.04 Å². The Labute approximate surface area is 56.9 Å². The smallest absolute Gasteiger partial charge is 0.00418 e. The Morgan fingerprint density at radius 3 is 2.67 bits per heavy atom. The fourth-order valence-corrected chi connectivity index (χ4v) is 1.29. The molecule has 0 bridgehead atoms. The molecule has 0 amide bonds. The van der Waals surface area contributed by atoms with Gasteiger partial charge in [0.15, 0.2) is 0 Å². The van der Waals surface area contributed by atoms with E-state index >= 15 is 0 Å². The Bertz CT molecular complexity index is 105. The molecule has 0 aromatic rings. The van der Waals surface area contributed by atoms with E-state index in [1.807, 2.05) is 0 Å². The maximum atomic E-state index is 5.73. The highest BCUT2D eigenvalue weighted by atomic mass is 14.6. The van der Waals surface area contributed by atoms with Crippen LogP contribution >= 0.6 is 0 Å². The van der Waals surface area contributed by atoms with Gasteiger partial charge in [-0.1, -0.05) is 12.2 Å². The van der Waals surface area contributed by atoms with Crippen molar-refractivity contribution in [1.29, 1.82) is 0 Å². The summed E-state index contributed by atoms with van der Waals surface area (Å²) in [5.74, 6) is 0.745. The van der Waals surface area contributed by atoms with Gasteiger partial charge in [0.1, 0.15) is 0 Å². The zero-order chi connectivity index (χ0) is 6.69. The van der Waals surface area contributed by atoms with E-state index in [1.165, 1.54) is 19.3 Å². The maximum Gasteiger partial charge on any atom is 0.00418 e. The molecular formula is C8H15N. The molecule has 0 aliphatic heterocycles. The van der Waals surface area contributed by atoms with Gasteiger partial charge in [-0.25, -0.2) is 0 Å². The quantitative estimate of drug-likeness (QED) is 0.530. The first-order valence-corrected chi connectivity index (χ1v) is 3.71. The van der Waals surface area contributed by atoms with E-state index in [0.29, 0.717) is 6.04 Å². The van der Waals surface area contributed by atoms with Gasteiger partial charge in [0.2, 0.25) is 0 Å². The van der Waals surface area contributed by atoms with Crippen LogP contribution < -0.4 is 5.73 Å². The van der Waals surface area contributed by atoms with Crippen molar-refractivity contribution in [3.63, 3.8) is 0 Å². The SMILES string of the molecule is C[C@H](N)[C@@H]1CC=CCC1. The minimum atomic E-state index is 0.384. The molecule has 52 valence electrons. The molecule has 1 heteroatoms. The van der Waals surface area contributed by atoms with Crippen LogP contribution in [0.25, 0.3) is 0 Å². The molecule has 0 fully saturated rings. The lowest BCUT2D eigenvalue weighted by Crippen LogP contribution is -2.26. The van der Waals surface area contributed by atoms with Crippen LogP contribution in [0.2, 0.25) is 0 Å². The largest absolute Gasteiger partial charge is 0.328 e. The summed E-state index contributed by atoms with van der Waals surface area (Å²) in [6.45, 7) is 2.10. The van der Waals surface area contributed by atoms with Gasteiger partial charge in [-0.2, -0.15) is 0 Å². The molecule has 0 unspecified atom stereocenters. The molecule has 0 saturated heterocycles. The third kappa shape index (κ3) is 1.83. The molecule has 1 aliphatic carbocycles. The first kappa shape index (κ1) is 6.81. The van der Waals surface area contributed by atoms with Crippen molar-refractivity contribution in [2.45, 2.75) is 32.2 Å². The second-order valence-electron chi connectivity index (χ2n) is 2.90. The van der Waals surface area contributed by atoms with E-state index in [4.69, 9.17) is 5.73 Å². The van der Waals surface area contributed by atoms with E-state index < -0.39 is 0 Å². The van der Waals surface area contributed by atoms with E-state index in [0.717, 1.165) is 5.92 Å². The Hall–Kier alpha value is -0.300. The summed E-state index contributed by atoms with van der Waals surface area (Å²) >= 11 is 0. The van der Waals surface area contributed by atoms with Gasteiger partial charge in [0.05, 0.1) is 0 Å². The summed E-state index contributed by atoms with van der Waals surface area (Å²) in [7, 11) is 0. The summed E-state index contributed by atoms with van der Waals surface area (Å²) in [5, 5.41) is 0. The summed E-state index contributed by atoms with van der Waals surface area (Å²) < 4.78 is 0. The second kappa shape index (κ2) is 3.02. The van der Waals surface area contributed by atoms with E-state index in [9.17, 15) is 0 Å². The van der Waals surface area contributed by atoms with Crippen LogP contribution in [0.4, 0.5) is 0 Å². The standard InChI is InChI=1S/C8H15N/c1-7(9)8-5-3-2-4-6-8/h2-3,7-8H,4-6,9H2,1H3/t7-,8+/m0/s1. The number of nitrogens with two attached hydrogens (primary N) is 1. The van der Waals surface area contributed by atoms with Crippen LogP contribution in [0.3, 0.4) is 0 Å². The lowest BCUT2D eigenvalue weighted by Gasteiger charge is -2.20. The van der Waals surface area contributed by atoms with Crippen molar-refractivity contribution in [2.24, 2.45) is 11.7 Å². The average molecular weight is 125 g/mol. The van der Waals surface area contributed by atoms with Crippen molar-refractivity contribution < 1.29 is 0 Å². The summed E-state index contributed by atoms with van der Waals surface area (Å²) in [4.78, 5) is 0. The minimum absolute atomic E-state index is 0.384. The molecule has 2 N–H and O–H groups in total. The molecule has 9 heavy (non-hydrogen) atoms. The Kier molecular flexibility index (Phi) is 2.29. The van der Waals surface area contributed by atoms with E-state index in [1.54, 1.807) is 0 Å². The molecule has 0 radical (unpaired) electrons. The molecule has 0 spiro atoms. The highest BCUT2D eigenvalue weighted by Crippen LogP contribution is 2.19. The van der Waals surface area contributed by atoms with Gasteiger partial charge >= 0.3 is 0 Å². The van der Waals surface area contributed by atoms with Gasteiger partial charge in [0.25, 0.3) is 0 Å². The van der Waals surface area contributed by atoms with E-state index in [-0.39, 0.29) is 0 Å². The van der Waals surface area contributed by atoms with Gasteiger partial charge in [-0.3, -0.25) is 0 Å². The van der Waals surface area contributed by atoms with Crippen LogP contribution in [0.1, 0.15) is 26.2 Å². The topological polar surface area (TPSA) is 26.0 Å². The fraction of sp³-hybridized carbons (Fsp3) is 0.750. The predicted molar refractivity (Wildman–Crippen MR) is 40.1 cm³/mol. The first-order valence-electron chi connectivity index (χ1n) is 3.71. The summed E-state index contributed by atoms with van der Waals surface area (Å²) in [6, 6.07) is 0.384. The second-order valence-corrected chi connectivity index (χ2v) is 2.90. The van der Waals surface area contributed by atoms with Gasteiger partial charge < -0.3 is 5.73 Å². The molecule has 0 aromatic carbocycles. The zero-order valence-electron chi connectivity index (χ0n) is 6.01. The molecule has 1 aliphatic rings. The predicted octanol–water partition coefficient (Wildman–Crippen LogP) is 1.69. The Balaban J connectivity index is 2.35. The molecular weight excluding hydrogens is 110 g/mol. The van der Waals surface area contributed by atoms with Gasteiger partial charge in [-0.05, 0) is 32.1 Å². The Morgan fingerprint density at radius 1 is 1.56 bits per heavy atom. The lowest BCUT2D eigenvalue weighted by molar-refractivity contribution is 0.409. The molecule has 0 heterocycles. The van der Waals surface area contributed by atoms with Crippen LogP contribution in [0.15, 0.2) is 12.2 Å². The number of hydrogen-bond donors (Lipinski definition) is 1. The maximum absolute atomic E-state index is 5.73. The Morgan fingerprint density at radius 2 is 2.33 bits per heavy atom. The van der Waals surface area contributed by atoms with Crippen LogP contribution in [-0.4, -0.2) is 6.04 Å². The van der Waals surface area contributed by atoms with Crippen LogP contribution in [-0.2, 0) is 0 Å². The first-order chi connectivity index (χ1) is 4.30. The minimum Gasteiger partial charge on any atom is -0.328 e. The van der Waals surface area contributed by atoms with Crippen molar-refractivity contribution in [2.75, 3.05) is 0 Å². The molecule has 0 aromatic heterocycles. The van der Waals surface area contributed by atoms with Crippen molar-refractivity contribution >= 4 is 0 Å². The van der Waals surface area contributed by atoms with E-state index in [2.05, 4.69) is 19.1 Å². The van der Waals surface area contributed by atoms with Crippen molar-refractivity contribution in [3.05, 3.63) is 12.2 Å². The molecule has 1 nitrogen and oxygen atoms in total. The number of hydrogen-bond acceptors (Lipinski definition) is 1. The third-order valence-electron chi connectivity index (χ3n) is 2.05.